The predicted octanol–water partition coefficient (Wildman–Crippen LogP) is 2.88. The van der Waals surface area contributed by atoms with Crippen LogP contribution in [0.4, 0.5) is 11.8 Å². The van der Waals surface area contributed by atoms with Gasteiger partial charge in [0, 0.05) is 6.54 Å². The highest BCUT2D eigenvalue weighted by molar-refractivity contribution is 7.16. The van der Waals surface area contributed by atoms with E-state index in [-0.39, 0.29) is 0 Å². The number of nitrogens with two attached hydrogens (primary N) is 1. The predicted molar refractivity (Wildman–Crippen MR) is 72.3 cm³/mol. The number of nitrogens with zero attached hydrogens (tertiary/aromatic N) is 2. The van der Waals surface area contributed by atoms with Gasteiger partial charge in [0.25, 0.3) is 0 Å². The van der Waals surface area contributed by atoms with Crippen LogP contribution in [0.2, 0.25) is 0 Å². The van der Waals surface area contributed by atoms with Crippen LogP contribution < -0.4 is 11.1 Å². The Balaban J connectivity index is 1.86. The summed E-state index contributed by atoms with van der Waals surface area (Å²) < 4.78 is 0. The number of hydrogen-bond donors (Lipinski definition) is 2. The third kappa shape index (κ3) is 1.95. The van der Waals surface area contributed by atoms with E-state index in [0.29, 0.717) is 11.4 Å². The van der Waals surface area contributed by atoms with E-state index in [1.807, 2.05) is 11.4 Å². The van der Waals surface area contributed by atoms with Gasteiger partial charge in [0.15, 0.2) is 0 Å². The van der Waals surface area contributed by atoms with Crippen molar-refractivity contribution < 1.29 is 0 Å². The molecule has 0 atom stereocenters. The quantitative estimate of drug-likeness (QED) is 0.876. The van der Waals surface area contributed by atoms with Crippen LogP contribution in [0.15, 0.2) is 11.4 Å². The Morgan fingerprint density at radius 1 is 1.47 bits per heavy atom. The number of nitrogens with one attached hydrogen (secondary N) is 1. The lowest BCUT2D eigenvalue weighted by atomic mass is 9.70. The second-order valence-corrected chi connectivity index (χ2v) is 5.98. The lowest BCUT2D eigenvalue weighted by Gasteiger charge is -2.38. The van der Waals surface area contributed by atoms with Crippen molar-refractivity contribution in [2.24, 2.45) is 5.41 Å². The van der Waals surface area contributed by atoms with E-state index in [1.54, 1.807) is 11.3 Å². The van der Waals surface area contributed by atoms with Gasteiger partial charge in [-0.3, -0.25) is 0 Å². The minimum Gasteiger partial charge on any atom is -0.369 e. The van der Waals surface area contributed by atoms with E-state index in [1.165, 1.54) is 19.3 Å². The molecule has 2 aromatic rings. The maximum atomic E-state index is 5.71. The van der Waals surface area contributed by atoms with Crippen LogP contribution in [0.5, 0.6) is 0 Å². The van der Waals surface area contributed by atoms with Gasteiger partial charge in [-0.1, -0.05) is 13.3 Å². The van der Waals surface area contributed by atoms with Gasteiger partial charge in [-0.25, -0.2) is 4.98 Å². The molecule has 1 fully saturated rings. The molecule has 3 rings (SSSR count). The zero-order chi connectivity index (χ0) is 11.9. The third-order valence-corrected chi connectivity index (χ3v) is 4.39. The Kier molecular flexibility index (Phi) is 2.43. The Morgan fingerprint density at radius 2 is 2.29 bits per heavy atom. The van der Waals surface area contributed by atoms with E-state index in [9.17, 15) is 0 Å². The van der Waals surface area contributed by atoms with Crippen LogP contribution >= 0.6 is 11.3 Å². The van der Waals surface area contributed by atoms with Gasteiger partial charge in [0.2, 0.25) is 5.95 Å². The van der Waals surface area contributed by atoms with Crippen LogP contribution in [-0.4, -0.2) is 16.5 Å². The van der Waals surface area contributed by atoms with E-state index >= 15 is 0 Å². The Labute approximate surface area is 104 Å². The Morgan fingerprint density at radius 3 is 3.00 bits per heavy atom. The minimum atomic E-state index is 0.348. The first-order chi connectivity index (χ1) is 8.16. The molecule has 2 aromatic heterocycles. The largest absolute Gasteiger partial charge is 0.369 e. The molecule has 4 nitrogen and oxygen atoms in total. The lowest BCUT2D eigenvalue weighted by molar-refractivity contribution is 0.180. The maximum Gasteiger partial charge on any atom is 0.223 e. The smallest absolute Gasteiger partial charge is 0.223 e. The molecule has 0 saturated heterocycles. The molecular weight excluding hydrogens is 232 g/mol. The first-order valence-electron chi connectivity index (χ1n) is 5.91. The first-order valence-corrected chi connectivity index (χ1v) is 6.79. The van der Waals surface area contributed by atoms with Gasteiger partial charge in [-0.05, 0) is 29.7 Å². The van der Waals surface area contributed by atoms with Gasteiger partial charge in [-0.15, -0.1) is 11.3 Å². The van der Waals surface area contributed by atoms with E-state index in [0.717, 1.165) is 22.6 Å². The fourth-order valence-electron chi connectivity index (χ4n) is 2.26. The zero-order valence-electron chi connectivity index (χ0n) is 9.86. The van der Waals surface area contributed by atoms with Crippen LogP contribution in [-0.2, 0) is 0 Å². The molecule has 0 bridgehead atoms. The van der Waals surface area contributed by atoms with Crippen molar-refractivity contribution in [3.8, 4) is 0 Å². The average molecular weight is 248 g/mol. The van der Waals surface area contributed by atoms with Gasteiger partial charge in [0.1, 0.15) is 10.6 Å². The summed E-state index contributed by atoms with van der Waals surface area (Å²) in [6.07, 6.45) is 3.94. The zero-order valence-corrected chi connectivity index (χ0v) is 10.7. The summed E-state index contributed by atoms with van der Waals surface area (Å²) in [5.74, 6) is 1.23. The molecule has 17 heavy (non-hydrogen) atoms. The summed E-state index contributed by atoms with van der Waals surface area (Å²) in [5.41, 5.74) is 6.15. The van der Waals surface area contributed by atoms with Gasteiger partial charge < -0.3 is 11.1 Å². The highest BCUT2D eigenvalue weighted by Crippen LogP contribution is 2.40. The molecule has 0 unspecified atom stereocenters. The molecule has 5 heteroatoms. The molecule has 0 radical (unpaired) electrons. The second kappa shape index (κ2) is 3.84. The Hall–Kier alpha value is -1.36. The van der Waals surface area contributed by atoms with Crippen molar-refractivity contribution in [3.05, 3.63) is 11.4 Å². The fraction of sp³-hybridized carbons (Fsp3) is 0.500. The highest BCUT2D eigenvalue weighted by atomic mass is 32.1. The summed E-state index contributed by atoms with van der Waals surface area (Å²) in [6.45, 7) is 3.28. The molecular formula is C12H16N4S. The monoisotopic (exact) mass is 248 g/mol. The number of thiophene rings is 1. The summed E-state index contributed by atoms with van der Waals surface area (Å²) in [5, 5.41) is 6.53. The number of hydrogen-bond acceptors (Lipinski definition) is 5. The summed E-state index contributed by atoms with van der Waals surface area (Å²) in [7, 11) is 0. The van der Waals surface area contributed by atoms with Crippen molar-refractivity contribution in [2.75, 3.05) is 17.6 Å². The first kappa shape index (κ1) is 10.8. The van der Waals surface area contributed by atoms with Crippen LogP contribution in [0.1, 0.15) is 26.2 Å². The number of aromatic nitrogens is 2. The number of rotatable bonds is 3. The van der Waals surface area contributed by atoms with Crippen molar-refractivity contribution in [1.82, 2.24) is 9.97 Å². The van der Waals surface area contributed by atoms with Crippen molar-refractivity contribution >= 4 is 33.3 Å². The summed E-state index contributed by atoms with van der Waals surface area (Å²) in [4.78, 5) is 9.47. The summed E-state index contributed by atoms with van der Waals surface area (Å²) >= 11 is 1.60. The molecule has 3 N–H and O–H groups in total. The highest BCUT2D eigenvalue weighted by Gasteiger charge is 2.31. The molecule has 0 aromatic carbocycles. The van der Waals surface area contributed by atoms with Crippen molar-refractivity contribution in [3.63, 3.8) is 0 Å². The lowest BCUT2D eigenvalue weighted by Crippen LogP contribution is -2.33. The van der Waals surface area contributed by atoms with Gasteiger partial charge in [0.05, 0.1) is 5.39 Å². The summed E-state index contributed by atoms with van der Waals surface area (Å²) in [6, 6.07) is 2.05. The minimum absolute atomic E-state index is 0.348. The average Bonchev–Trinajstić information content (AvgIpc) is 2.71. The molecule has 90 valence electrons. The molecule has 0 aliphatic heterocycles. The van der Waals surface area contributed by atoms with Crippen LogP contribution in [0.25, 0.3) is 10.2 Å². The second-order valence-electron chi connectivity index (χ2n) is 5.09. The van der Waals surface area contributed by atoms with Gasteiger partial charge in [-0.2, -0.15) is 4.98 Å². The molecule has 1 saturated carbocycles. The van der Waals surface area contributed by atoms with E-state index < -0.39 is 0 Å². The molecule has 1 aliphatic rings. The molecule has 1 aliphatic carbocycles. The van der Waals surface area contributed by atoms with E-state index in [2.05, 4.69) is 22.2 Å². The normalized spacial score (nSPS) is 17.9. The molecule has 0 spiro atoms. The Bertz CT molecular complexity index is 544. The van der Waals surface area contributed by atoms with Crippen molar-refractivity contribution in [2.45, 2.75) is 26.2 Å². The number of anilines is 2. The number of fused-ring (bicyclic) bond motifs is 1. The van der Waals surface area contributed by atoms with Crippen molar-refractivity contribution in [1.29, 1.82) is 0 Å². The maximum absolute atomic E-state index is 5.71. The fourth-order valence-corrected chi connectivity index (χ4v) is 3.03. The van der Waals surface area contributed by atoms with Gasteiger partial charge >= 0.3 is 0 Å². The number of nitrogen functional groups attached to an aromatic ring is 1. The SMILES string of the molecule is CC1(CNc2nc(N)nc3sccc23)CCC1. The van der Waals surface area contributed by atoms with Crippen LogP contribution in [0, 0.1) is 5.41 Å². The molecule has 2 heterocycles. The topological polar surface area (TPSA) is 63.8 Å². The third-order valence-electron chi connectivity index (χ3n) is 3.59. The van der Waals surface area contributed by atoms with Crippen LogP contribution in [0.3, 0.4) is 0 Å². The molecule has 0 amide bonds. The standard InChI is InChI=1S/C12H16N4S/c1-12(4-2-5-12)7-14-9-8-3-6-17-10(8)16-11(13)15-9/h3,6H,2,4-5,7H2,1H3,(H3,13,14,15,16). The van der Waals surface area contributed by atoms with E-state index in [4.69, 9.17) is 5.73 Å².